The van der Waals surface area contributed by atoms with E-state index >= 15 is 0 Å². The van der Waals surface area contributed by atoms with E-state index < -0.39 is 11.4 Å². The number of aromatic carboxylic acids is 1. The molecular formula is C15H22N2O3. The first-order valence-electron chi connectivity index (χ1n) is 6.79. The van der Waals surface area contributed by atoms with Gasteiger partial charge in [0.25, 0.3) is 0 Å². The second kappa shape index (κ2) is 7.05. The lowest BCUT2D eigenvalue weighted by Crippen LogP contribution is -2.45. The van der Waals surface area contributed by atoms with Crippen molar-refractivity contribution in [3.05, 3.63) is 35.4 Å². The highest BCUT2D eigenvalue weighted by Gasteiger charge is 2.32. The van der Waals surface area contributed by atoms with Gasteiger partial charge in [0.2, 0.25) is 5.91 Å². The van der Waals surface area contributed by atoms with Crippen LogP contribution in [0.1, 0.15) is 42.6 Å². The molecule has 0 aliphatic heterocycles. The lowest BCUT2D eigenvalue weighted by molar-refractivity contribution is -0.131. The summed E-state index contributed by atoms with van der Waals surface area (Å²) in [7, 11) is 0. The van der Waals surface area contributed by atoms with Crippen molar-refractivity contribution in [3.63, 3.8) is 0 Å². The van der Waals surface area contributed by atoms with Crippen LogP contribution in [0.4, 0.5) is 0 Å². The normalized spacial score (nSPS) is 11.2. The number of rotatable bonds is 7. The minimum atomic E-state index is -0.975. The first kappa shape index (κ1) is 16.2. The Morgan fingerprint density at radius 1 is 1.30 bits per heavy atom. The molecule has 0 aliphatic carbocycles. The average molecular weight is 278 g/mol. The number of carbonyl (C=O) groups is 2. The number of hydrogen-bond donors (Lipinski definition) is 3. The molecule has 0 bridgehead atoms. The lowest BCUT2D eigenvalue weighted by Gasteiger charge is -2.28. The maximum atomic E-state index is 12.2. The van der Waals surface area contributed by atoms with Gasteiger partial charge in [0.05, 0.1) is 11.0 Å². The second-order valence-corrected chi connectivity index (χ2v) is 4.88. The summed E-state index contributed by atoms with van der Waals surface area (Å²) < 4.78 is 0. The van der Waals surface area contributed by atoms with Gasteiger partial charge in [-0.15, -0.1) is 0 Å². The third kappa shape index (κ3) is 3.57. The van der Waals surface area contributed by atoms with E-state index in [1.165, 1.54) is 6.07 Å². The third-order valence-corrected chi connectivity index (χ3v) is 3.85. The fraction of sp³-hybridized carbons (Fsp3) is 0.467. The SMILES string of the molecule is CCC(CC)(CN)C(=O)NCc1cccc(C(=O)O)c1. The van der Waals surface area contributed by atoms with Crippen LogP contribution in [0.2, 0.25) is 0 Å². The molecule has 0 saturated carbocycles. The second-order valence-electron chi connectivity index (χ2n) is 4.88. The molecule has 1 aromatic carbocycles. The molecule has 0 saturated heterocycles. The van der Waals surface area contributed by atoms with Gasteiger partial charge in [-0.2, -0.15) is 0 Å². The molecule has 0 unspecified atom stereocenters. The van der Waals surface area contributed by atoms with Crippen molar-refractivity contribution in [1.29, 1.82) is 0 Å². The van der Waals surface area contributed by atoms with Crippen molar-refractivity contribution < 1.29 is 14.7 Å². The Hall–Kier alpha value is -1.88. The number of carboxylic acids is 1. The Labute approximate surface area is 119 Å². The van der Waals surface area contributed by atoms with Crippen LogP contribution in [-0.2, 0) is 11.3 Å². The summed E-state index contributed by atoms with van der Waals surface area (Å²) in [4.78, 5) is 23.1. The van der Waals surface area contributed by atoms with Crippen LogP contribution >= 0.6 is 0 Å². The molecule has 0 aromatic heterocycles. The van der Waals surface area contributed by atoms with E-state index in [0.717, 1.165) is 5.56 Å². The topological polar surface area (TPSA) is 92.4 Å². The Morgan fingerprint density at radius 3 is 2.45 bits per heavy atom. The van der Waals surface area contributed by atoms with Gasteiger partial charge < -0.3 is 16.2 Å². The standard InChI is InChI=1S/C15H22N2O3/c1-3-15(4-2,10-16)14(20)17-9-11-6-5-7-12(8-11)13(18)19/h5-8H,3-4,9-10,16H2,1-2H3,(H,17,20)(H,18,19). The molecule has 0 aliphatic rings. The summed E-state index contributed by atoms with van der Waals surface area (Å²) in [5.74, 6) is -1.05. The lowest BCUT2D eigenvalue weighted by atomic mass is 9.81. The van der Waals surface area contributed by atoms with E-state index in [1.54, 1.807) is 18.2 Å². The average Bonchev–Trinajstić information content (AvgIpc) is 2.47. The van der Waals surface area contributed by atoms with Gasteiger partial charge >= 0.3 is 5.97 Å². The minimum absolute atomic E-state index is 0.0780. The molecule has 5 nitrogen and oxygen atoms in total. The highest BCUT2D eigenvalue weighted by atomic mass is 16.4. The van der Waals surface area contributed by atoms with Crippen molar-refractivity contribution in [2.75, 3.05) is 6.54 Å². The first-order valence-corrected chi connectivity index (χ1v) is 6.79. The molecule has 0 radical (unpaired) electrons. The minimum Gasteiger partial charge on any atom is -0.478 e. The molecule has 5 heteroatoms. The monoisotopic (exact) mass is 278 g/mol. The summed E-state index contributed by atoms with van der Waals surface area (Å²) in [5.41, 5.74) is 6.16. The molecule has 0 spiro atoms. The molecule has 0 fully saturated rings. The highest BCUT2D eigenvalue weighted by Crippen LogP contribution is 2.25. The summed E-state index contributed by atoms with van der Waals surface area (Å²) in [6.07, 6.45) is 1.36. The van der Waals surface area contributed by atoms with Crippen LogP contribution in [-0.4, -0.2) is 23.5 Å². The highest BCUT2D eigenvalue weighted by molar-refractivity contribution is 5.87. The van der Waals surface area contributed by atoms with Crippen molar-refractivity contribution in [1.82, 2.24) is 5.32 Å². The molecule has 1 amide bonds. The summed E-state index contributed by atoms with van der Waals surface area (Å²) in [6, 6.07) is 6.54. The van der Waals surface area contributed by atoms with Gasteiger partial charge in [-0.25, -0.2) is 4.79 Å². The molecule has 0 heterocycles. The number of benzene rings is 1. The molecule has 0 atom stereocenters. The fourth-order valence-corrected chi connectivity index (χ4v) is 2.14. The number of hydrogen-bond acceptors (Lipinski definition) is 3. The predicted octanol–water partition coefficient (Wildman–Crippen LogP) is 1.77. The van der Waals surface area contributed by atoms with Crippen molar-refractivity contribution >= 4 is 11.9 Å². The number of carboxylic acid groups (broad SMARTS) is 1. The summed E-state index contributed by atoms with van der Waals surface area (Å²) >= 11 is 0. The number of amides is 1. The Morgan fingerprint density at radius 2 is 1.95 bits per heavy atom. The molecular weight excluding hydrogens is 256 g/mol. The largest absolute Gasteiger partial charge is 0.478 e. The zero-order valence-electron chi connectivity index (χ0n) is 12.0. The van der Waals surface area contributed by atoms with Gasteiger partial charge in [0, 0.05) is 13.1 Å². The zero-order chi connectivity index (χ0) is 15.2. The van der Waals surface area contributed by atoms with Crippen LogP contribution in [0.25, 0.3) is 0 Å². The van der Waals surface area contributed by atoms with E-state index in [1.807, 2.05) is 13.8 Å². The Kier molecular flexibility index (Phi) is 5.70. The maximum Gasteiger partial charge on any atom is 0.335 e. The van der Waals surface area contributed by atoms with E-state index in [2.05, 4.69) is 5.32 Å². The molecule has 4 N–H and O–H groups in total. The van der Waals surface area contributed by atoms with Gasteiger partial charge in [0.15, 0.2) is 0 Å². The van der Waals surface area contributed by atoms with Crippen LogP contribution in [0.3, 0.4) is 0 Å². The predicted molar refractivity (Wildman–Crippen MR) is 77.3 cm³/mol. The maximum absolute atomic E-state index is 12.2. The summed E-state index contributed by atoms with van der Waals surface area (Å²) in [5, 5.41) is 11.8. The number of nitrogens with two attached hydrogens (primary N) is 1. The zero-order valence-corrected chi connectivity index (χ0v) is 12.0. The van der Waals surface area contributed by atoms with Crippen molar-refractivity contribution in [2.24, 2.45) is 11.1 Å². The number of nitrogens with one attached hydrogen (secondary N) is 1. The van der Waals surface area contributed by atoms with Crippen LogP contribution in [0, 0.1) is 5.41 Å². The van der Waals surface area contributed by atoms with Crippen LogP contribution in [0.5, 0.6) is 0 Å². The van der Waals surface area contributed by atoms with Gasteiger partial charge in [-0.3, -0.25) is 4.79 Å². The van der Waals surface area contributed by atoms with Gasteiger partial charge in [-0.05, 0) is 30.5 Å². The van der Waals surface area contributed by atoms with E-state index in [0.29, 0.717) is 25.9 Å². The van der Waals surface area contributed by atoms with Crippen molar-refractivity contribution in [2.45, 2.75) is 33.2 Å². The van der Waals surface area contributed by atoms with E-state index in [-0.39, 0.29) is 11.5 Å². The van der Waals surface area contributed by atoms with E-state index in [4.69, 9.17) is 10.8 Å². The first-order chi connectivity index (χ1) is 9.49. The quantitative estimate of drug-likeness (QED) is 0.708. The summed E-state index contributed by atoms with van der Waals surface area (Å²) in [6.45, 7) is 4.50. The molecule has 1 rings (SSSR count). The van der Waals surface area contributed by atoms with E-state index in [9.17, 15) is 9.59 Å². The van der Waals surface area contributed by atoms with Crippen LogP contribution in [0.15, 0.2) is 24.3 Å². The molecule has 1 aromatic rings. The van der Waals surface area contributed by atoms with Crippen LogP contribution < -0.4 is 11.1 Å². The smallest absolute Gasteiger partial charge is 0.335 e. The fourth-order valence-electron chi connectivity index (χ4n) is 2.14. The van der Waals surface area contributed by atoms with Gasteiger partial charge in [-0.1, -0.05) is 26.0 Å². The Bertz CT molecular complexity index is 473. The number of carbonyl (C=O) groups excluding carboxylic acids is 1. The molecule has 110 valence electrons. The van der Waals surface area contributed by atoms with Crippen molar-refractivity contribution in [3.8, 4) is 0 Å². The molecule has 20 heavy (non-hydrogen) atoms. The Balaban J connectivity index is 2.74. The third-order valence-electron chi connectivity index (χ3n) is 3.85. The van der Waals surface area contributed by atoms with Gasteiger partial charge in [0.1, 0.15) is 0 Å².